The van der Waals surface area contributed by atoms with Crippen LogP contribution in [0.1, 0.15) is 9.67 Å². The molecular weight excluding hydrogens is 246 g/mol. The minimum absolute atomic E-state index is 0.318. The molecule has 1 heterocycles. The fourth-order valence-corrected chi connectivity index (χ4v) is 2.14. The normalized spacial score (nSPS) is 10.3. The molecule has 0 atom stereocenters. The van der Waals surface area contributed by atoms with E-state index in [0.717, 1.165) is 16.9 Å². The molecule has 0 radical (unpaired) electrons. The number of amides is 1. The SMILES string of the molecule is NC(=O)c1sc(N)nc1-c1ccc(Cl)cc1. The number of carbonyl (C=O) groups excluding carboxylic acids is 1. The summed E-state index contributed by atoms with van der Waals surface area (Å²) in [6, 6.07) is 6.97. The van der Waals surface area contributed by atoms with Crippen molar-refractivity contribution in [2.24, 2.45) is 5.73 Å². The zero-order valence-corrected chi connectivity index (χ0v) is 9.68. The number of rotatable bonds is 2. The van der Waals surface area contributed by atoms with Gasteiger partial charge in [0.1, 0.15) is 4.88 Å². The molecule has 0 fully saturated rings. The van der Waals surface area contributed by atoms with Gasteiger partial charge >= 0.3 is 0 Å². The lowest BCUT2D eigenvalue weighted by Crippen LogP contribution is -2.10. The first-order valence-corrected chi connectivity index (χ1v) is 5.59. The summed E-state index contributed by atoms with van der Waals surface area (Å²) in [5.74, 6) is -0.529. The summed E-state index contributed by atoms with van der Waals surface area (Å²) in [7, 11) is 0. The Morgan fingerprint density at radius 1 is 1.31 bits per heavy atom. The lowest BCUT2D eigenvalue weighted by atomic mass is 10.1. The Labute approximate surface area is 101 Å². The monoisotopic (exact) mass is 253 g/mol. The molecule has 4 N–H and O–H groups in total. The van der Waals surface area contributed by atoms with Gasteiger partial charge in [-0.3, -0.25) is 4.79 Å². The molecule has 0 aliphatic carbocycles. The van der Waals surface area contributed by atoms with E-state index in [1.807, 2.05) is 0 Å². The van der Waals surface area contributed by atoms with Crippen molar-refractivity contribution < 1.29 is 4.79 Å². The van der Waals surface area contributed by atoms with Crippen molar-refractivity contribution in [1.82, 2.24) is 4.98 Å². The molecule has 1 aromatic carbocycles. The van der Waals surface area contributed by atoms with Crippen LogP contribution in [0.5, 0.6) is 0 Å². The van der Waals surface area contributed by atoms with Gasteiger partial charge in [-0.25, -0.2) is 4.98 Å². The quantitative estimate of drug-likeness (QED) is 0.860. The average molecular weight is 254 g/mol. The van der Waals surface area contributed by atoms with Crippen molar-refractivity contribution in [1.29, 1.82) is 0 Å². The Balaban J connectivity index is 2.55. The van der Waals surface area contributed by atoms with Crippen LogP contribution in [-0.4, -0.2) is 10.9 Å². The number of hydrogen-bond donors (Lipinski definition) is 2. The standard InChI is InChI=1S/C10H8ClN3OS/c11-6-3-1-5(2-4-6)7-8(9(12)15)16-10(13)14-7/h1-4H,(H2,12,15)(H2,13,14). The fraction of sp³-hybridized carbons (Fsp3) is 0. The second-order valence-electron chi connectivity index (χ2n) is 3.10. The van der Waals surface area contributed by atoms with Crippen LogP contribution in [0.4, 0.5) is 5.13 Å². The third-order valence-electron chi connectivity index (χ3n) is 1.99. The average Bonchev–Trinajstić information content (AvgIpc) is 2.61. The molecule has 0 spiro atoms. The maximum absolute atomic E-state index is 11.2. The van der Waals surface area contributed by atoms with Gasteiger partial charge in [0.05, 0.1) is 5.69 Å². The molecule has 6 heteroatoms. The van der Waals surface area contributed by atoms with Crippen molar-refractivity contribution >= 4 is 34.0 Å². The van der Waals surface area contributed by atoms with Crippen LogP contribution in [0.15, 0.2) is 24.3 Å². The van der Waals surface area contributed by atoms with Gasteiger partial charge in [0.15, 0.2) is 5.13 Å². The number of primary amides is 1. The van der Waals surface area contributed by atoms with Crippen molar-refractivity contribution in [3.8, 4) is 11.3 Å². The van der Waals surface area contributed by atoms with Crippen LogP contribution in [0.25, 0.3) is 11.3 Å². The van der Waals surface area contributed by atoms with E-state index < -0.39 is 5.91 Å². The first kappa shape index (κ1) is 10.9. The number of benzene rings is 1. The van der Waals surface area contributed by atoms with Gasteiger partial charge in [-0.05, 0) is 12.1 Å². The molecule has 0 aliphatic rings. The molecule has 0 aliphatic heterocycles. The highest BCUT2D eigenvalue weighted by molar-refractivity contribution is 7.17. The Morgan fingerprint density at radius 2 is 1.94 bits per heavy atom. The highest BCUT2D eigenvalue weighted by Gasteiger charge is 2.15. The smallest absolute Gasteiger partial charge is 0.261 e. The van der Waals surface area contributed by atoms with Crippen LogP contribution in [0.2, 0.25) is 5.02 Å². The summed E-state index contributed by atoms with van der Waals surface area (Å²) in [6.45, 7) is 0. The summed E-state index contributed by atoms with van der Waals surface area (Å²) < 4.78 is 0. The third-order valence-corrected chi connectivity index (χ3v) is 3.14. The van der Waals surface area contributed by atoms with Gasteiger partial charge in [-0.2, -0.15) is 0 Å². The van der Waals surface area contributed by atoms with E-state index in [2.05, 4.69) is 4.98 Å². The molecule has 16 heavy (non-hydrogen) atoms. The van der Waals surface area contributed by atoms with E-state index in [-0.39, 0.29) is 0 Å². The molecule has 4 nitrogen and oxygen atoms in total. The fourth-order valence-electron chi connectivity index (χ4n) is 1.31. The van der Waals surface area contributed by atoms with Crippen LogP contribution < -0.4 is 11.5 Å². The van der Waals surface area contributed by atoms with E-state index in [1.165, 1.54) is 0 Å². The Morgan fingerprint density at radius 3 is 2.50 bits per heavy atom. The largest absolute Gasteiger partial charge is 0.375 e. The topological polar surface area (TPSA) is 82.0 Å². The van der Waals surface area contributed by atoms with Gasteiger partial charge in [-0.15, -0.1) is 0 Å². The van der Waals surface area contributed by atoms with Gasteiger partial charge < -0.3 is 11.5 Å². The number of carbonyl (C=O) groups is 1. The van der Waals surface area contributed by atoms with Crippen molar-refractivity contribution in [2.45, 2.75) is 0 Å². The lowest BCUT2D eigenvalue weighted by Gasteiger charge is -1.99. The lowest BCUT2D eigenvalue weighted by molar-refractivity contribution is 0.100. The first-order valence-electron chi connectivity index (χ1n) is 4.40. The maximum Gasteiger partial charge on any atom is 0.261 e. The summed E-state index contributed by atoms with van der Waals surface area (Å²) in [6.07, 6.45) is 0. The maximum atomic E-state index is 11.2. The molecule has 1 aromatic heterocycles. The summed E-state index contributed by atoms with van der Waals surface area (Å²) >= 11 is 6.85. The number of halogens is 1. The molecular formula is C10H8ClN3OS. The Kier molecular flexibility index (Phi) is 2.80. The molecule has 0 bridgehead atoms. The van der Waals surface area contributed by atoms with E-state index in [9.17, 15) is 4.79 Å². The summed E-state index contributed by atoms with van der Waals surface area (Å²) in [5.41, 5.74) is 12.1. The highest BCUT2D eigenvalue weighted by Crippen LogP contribution is 2.29. The van der Waals surface area contributed by atoms with Gasteiger partial charge in [0.2, 0.25) is 0 Å². The van der Waals surface area contributed by atoms with Gasteiger partial charge in [0.25, 0.3) is 5.91 Å². The molecule has 2 aromatic rings. The Bertz CT molecular complexity index is 535. The van der Waals surface area contributed by atoms with E-state index in [1.54, 1.807) is 24.3 Å². The van der Waals surface area contributed by atoms with Crippen LogP contribution >= 0.6 is 22.9 Å². The summed E-state index contributed by atoms with van der Waals surface area (Å²) in [4.78, 5) is 15.6. The van der Waals surface area contributed by atoms with Crippen LogP contribution in [0, 0.1) is 0 Å². The number of nitrogens with zero attached hydrogens (tertiary/aromatic N) is 1. The predicted molar refractivity (Wildman–Crippen MR) is 65.5 cm³/mol. The number of nitrogen functional groups attached to an aromatic ring is 1. The minimum Gasteiger partial charge on any atom is -0.375 e. The predicted octanol–water partition coefficient (Wildman–Crippen LogP) is 2.14. The number of aromatic nitrogens is 1. The second kappa shape index (κ2) is 4.11. The zero-order valence-electron chi connectivity index (χ0n) is 8.11. The van der Waals surface area contributed by atoms with E-state index in [0.29, 0.717) is 20.7 Å². The third kappa shape index (κ3) is 2.00. The molecule has 0 saturated carbocycles. The number of nitrogens with two attached hydrogens (primary N) is 2. The molecule has 0 saturated heterocycles. The van der Waals surface area contributed by atoms with Crippen molar-refractivity contribution in [2.75, 3.05) is 5.73 Å². The van der Waals surface area contributed by atoms with Gasteiger partial charge in [0, 0.05) is 10.6 Å². The van der Waals surface area contributed by atoms with Crippen molar-refractivity contribution in [3.63, 3.8) is 0 Å². The second-order valence-corrected chi connectivity index (χ2v) is 4.57. The minimum atomic E-state index is -0.529. The molecule has 2 rings (SSSR count). The first-order chi connectivity index (χ1) is 7.58. The van der Waals surface area contributed by atoms with E-state index in [4.69, 9.17) is 23.1 Å². The highest BCUT2D eigenvalue weighted by atomic mass is 35.5. The molecule has 1 amide bonds. The molecule has 82 valence electrons. The summed E-state index contributed by atoms with van der Waals surface area (Å²) in [5, 5.41) is 0.936. The van der Waals surface area contributed by atoms with Crippen molar-refractivity contribution in [3.05, 3.63) is 34.2 Å². The van der Waals surface area contributed by atoms with Gasteiger partial charge in [-0.1, -0.05) is 35.1 Å². The zero-order chi connectivity index (χ0) is 11.7. The van der Waals surface area contributed by atoms with Crippen LogP contribution in [-0.2, 0) is 0 Å². The van der Waals surface area contributed by atoms with E-state index >= 15 is 0 Å². The van der Waals surface area contributed by atoms with Crippen LogP contribution in [0.3, 0.4) is 0 Å². The number of thiazole rings is 1. The number of hydrogen-bond acceptors (Lipinski definition) is 4. The number of anilines is 1. The molecule has 0 unspecified atom stereocenters. The Hall–Kier alpha value is -1.59.